The fourth-order valence-electron chi connectivity index (χ4n) is 2.22. The summed E-state index contributed by atoms with van der Waals surface area (Å²) in [4.78, 5) is 29.9. The molecule has 0 aliphatic rings. The van der Waals surface area contributed by atoms with Gasteiger partial charge in [0.15, 0.2) is 0 Å². The molecule has 0 fully saturated rings. The molecule has 0 bridgehead atoms. The Labute approximate surface area is 140 Å². The van der Waals surface area contributed by atoms with E-state index in [2.05, 4.69) is 20.0 Å². The Balaban J connectivity index is 2.23. The van der Waals surface area contributed by atoms with Gasteiger partial charge in [0.1, 0.15) is 5.75 Å². The fraction of sp³-hybridized carbons (Fsp3) is 0.400. The highest BCUT2D eigenvalue weighted by Crippen LogP contribution is 2.26. The van der Waals surface area contributed by atoms with Crippen LogP contribution in [0.25, 0.3) is 0 Å². The molecule has 1 aromatic carbocycles. The van der Waals surface area contributed by atoms with Crippen LogP contribution in [0.15, 0.2) is 33.9 Å². The zero-order chi connectivity index (χ0) is 18.8. The van der Waals surface area contributed by atoms with Gasteiger partial charge in [0.05, 0.1) is 6.04 Å². The molecule has 0 saturated heterocycles. The van der Waals surface area contributed by atoms with Crippen molar-refractivity contribution in [3.63, 3.8) is 0 Å². The molecule has 2 N–H and O–H groups in total. The lowest BCUT2D eigenvalue weighted by Gasteiger charge is -2.17. The van der Waals surface area contributed by atoms with E-state index in [1.54, 1.807) is 26.8 Å². The maximum atomic E-state index is 12.3. The van der Waals surface area contributed by atoms with E-state index in [-0.39, 0.29) is 17.7 Å². The summed E-state index contributed by atoms with van der Waals surface area (Å²) in [5.74, 6) is -0.433. The predicted octanol–water partition coefficient (Wildman–Crippen LogP) is 2.58. The Morgan fingerprint density at radius 1 is 1.24 bits per heavy atom. The molecule has 0 amide bonds. The minimum absolute atomic E-state index is 0.0680. The van der Waals surface area contributed by atoms with Crippen LogP contribution in [-0.4, -0.2) is 20.9 Å². The van der Waals surface area contributed by atoms with Gasteiger partial charge in [0.2, 0.25) is 5.95 Å². The molecular weight excluding hydrogens is 341 g/mol. The summed E-state index contributed by atoms with van der Waals surface area (Å²) in [6.45, 7) is 4.97. The molecule has 0 radical (unpaired) electrons. The van der Waals surface area contributed by atoms with Crippen LogP contribution in [0.2, 0.25) is 0 Å². The quantitative estimate of drug-likeness (QED) is 0.858. The van der Waals surface area contributed by atoms with Crippen molar-refractivity contribution in [3.05, 3.63) is 50.8 Å². The Kier molecular flexibility index (Phi) is 5.19. The number of anilines is 1. The molecule has 2 rings (SSSR count). The monoisotopic (exact) mass is 358 g/mol. The molecule has 0 aliphatic heterocycles. The normalized spacial score (nSPS) is 12.9. The van der Waals surface area contributed by atoms with Crippen molar-refractivity contribution in [1.82, 2.24) is 14.5 Å². The van der Waals surface area contributed by atoms with Gasteiger partial charge in [-0.25, -0.2) is 14.2 Å². The smallest absolute Gasteiger partial charge is 0.406 e. The van der Waals surface area contributed by atoms with Gasteiger partial charge in [0, 0.05) is 6.04 Å². The van der Waals surface area contributed by atoms with Gasteiger partial charge in [-0.05, 0) is 38.5 Å². The van der Waals surface area contributed by atoms with Crippen molar-refractivity contribution < 1.29 is 17.9 Å². The average molecular weight is 358 g/mol. The molecular formula is C15H17F3N4O3. The predicted molar refractivity (Wildman–Crippen MR) is 84.7 cm³/mol. The molecule has 136 valence electrons. The van der Waals surface area contributed by atoms with Crippen LogP contribution >= 0.6 is 0 Å². The Morgan fingerprint density at radius 3 is 2.48 bits per heavy atom. The number of aromatic amines is 1. The summed E-state index contributed by atoms with van der Waals surface area (Å²) < 4.78 is 41.7. The summed E-state index contributed by atoms with van der Waals surface area (Å²) in [5, 5.41) is 2.78. The second kappa shape index (κ2) is 6.99. The maximum absolute atomic E-state index is 12.3. The molecule has 2 aromatic rings. The van der Waals surface area contributed by atoms with Gasteiger partial charge in [-0.3, -0.25) is 4.98 Å². The number of benzene rings is 1. The first-order valence-electron chi connectivity index (χ1n) is 7.42. The van der Waals surface area contributed by atoms with E-state index in [0.717, 1.165) is 4.57 Å². The number of nitrogens with zero attached hydrogens (tertiary/aromatic N) is 2. The zero-order valence-electron chi connectivity index (χ0n) is 13.7. The first kappa shape index (κ1) is 18.6. The van der Waals surface area contributed by atoms with Crippen molar-refractivity contribution in [1.29, 1.82) is 0 Å². The summed E-state index contributed by atoms with van der Waals surface area (Å²) in [6.07, 6.45) is -4.79. The third-order valence-corrected chi connectivity index (χ3v) is 3.32. The van der Waals surface area contributed by atoms with E-state index in [1.165, 1.54) is 18.2 Å². The van der Waals surface area contributed by atoms with Crippen LogP contribution in [0, 0.1) is 0 Å². The molecule has 1 heterocycles. The van der Waals surface area contributed by atoms with Crippen molar-refractivity contribution in [3.8, 4) is 5.75 Å². The number of H-pyrrole nitrogens is 1. The van der Waals surface area contributed by atoms with Gasteiger partial charge in [-0.15, -0.1) is 13.2 Å². The Hall–Kier alpha value is -2.78. The minimum atomic E-state index is -4.79. The number of hydrogen-bond donors (Lipinski definition) is 2. The first-order chi connectivity index (χ1) is 11.6. The van der Waals surface area contributed by atoms with Gasteiger partial charge in [-0.1, -0.05) is 12.1 Å². The molecule has 1 aromatic heterocycles. The van der Waals surface area contributed by atoms with Crippen LogP contribution in [0.3, 0.4) is 0 Å². The van der Waals surface area contributed by atoms with E-state index in [0.29, 0.717) is 5.56 Å². The minimum Gasteiger partial charge on any atom is -0.406 e. The topological polar surface area (TPSA) is 89.0 Å². The summed E-state index contributed by atoms with van der Waals surface area (Å²) in [5.41, 5.74) is -0.890. The van der Waals surface area contributed by atoms with E-state index < -0.39 is 23.8 Å². The molecule has 10 heteroatoms. The third-order valence-electron chi connectivity index (χ3n) is 3.32. The van der Waals surface area contributed by atoms with Crippen molar-refractivity contribution in [2.75, 3.05) is 5.32 Å². The Morgan fingerprint density at radius 2 is 1.92 bits per heavy atom. The van der Waals surface area contributed by atoms with Crippen LogP contribution in [0.4, 0.5) is 19.1 Å². The van der Waals surface area contributed by atoms with Gasteiger partial charge in [-0.2, -0.15) is 4.98 Å². The number of nitrogens with one attached hydrogen (secondary N) is 2. The number of rotatable bonds is 5. The second-order valence-electron chi connectivity index (χ2n) is 5.62. The van der Waals surface area contributed by atoms with Gasteiger partial charge in [0.25, 0.3) is 0 Å². The lowest BCUT2D eigenvalue weighted by Crippen LogP contribution is -2.39. The highest BCUT2D eigenvalue weighted by molar-refractivity contribution is 5.35. The number of halogens is 3. The molecule has 0 unspecified atom stereocenters. The molecule has 0 saturated carbocycles. The molecule has 25 heavy (non-hydrogen) atoms. The summed E-state index contributed by atoms with van der Waals surface area (Å²) in [6, 6.07) is 4.47. The zero-order valence-corrected chi connectivity index (χ0v) is 13.7. The number of hydrogen-bond acceptors (Lipinski definition) is 5. The van der Waals surface area contributed by atoms with Gasteiger partial charge < -0.3 is 10.1 Å². The van der Waals surface area contributed by atoms with E-state index in [4.69, 9.17) is 0 Å². The molecule has 1 atom stereocenters. The van der Waals surface area contributed by atoms with Crippen LogP contribution < -0.4 is 21.4 Å². The lowest BCUT2D eigenvalue weighted by molar-refractivity contribution is -0.274. The maximum Gasteiger partial charge on any atom is 0.573 e. The Bertz CT molecular complexity index is 827. The number of ether oxygens (including phenoxy) is 1. The average Bonchev–Trinajstić information content (AvgIpc) is 2.44. The standard InChI is InChI=1S/C15H17F3N4O3/c1-8(2)22-13(23)20-12(21-14(22)24)19-9(3)10-5-4-6-11(7-10)25-15(16,17)18/h4-9H,1-3H3,(H2,19,20,21,23,24)/t9-/m0/s1. The van der Waals surface area contributed by atoms with Crippen LogP contribution in [-0.2, 0) is 0 Å². The lowest BCUT2D eigenvalue weighted by atomic mass is 10.1. The highest BCUT2D eigenvalue weighted by Gasteiger charge is 2.31. The summed E-state index contributed by atoms with van der Waals surface area (Å²) in [7, 11) is 0. The van der Waals surface area contributed by atoms with Crippen LogP contribution in [0.1, 0.15) is 38.4 Å². The van der Waals surface area contributed by atoms with Crippen molar-refractivity contribution in [2.24, 2.45) is 0 Å². The third kappa shape index (κ3) is 4.85. The van der Waals surface area contributed by atoms with Crippen LogP contribution in [0.5, 0.6) is 5.75 Å². The highest BCUT2D eigenvalue weighted by atomic mass is 19.4. The largest absolute Gasteiger partial charge is 0.573 e. The van der Waals surface area contributed by atoms with Crippen molar-refractivity contribution >= 4 is 5.95 Å². The van der Waals surface area contributed by atoms with E-state index >= 15 is 0 Å². The molecule has 0 spiro atoms. The molecule has 0 aliphatic carbocycles. The number of alkyl halides is 3. The summed E-state index contributed by atoms with van der Waals surface area (Å²) >= 11 is 0. The van der Waals surface area contributed by atoms with Gasteiger partial charge >= 0.3 is 17.7 Å². The fourth-order valence-corrected chi connectivity index (χ4v) is 2.22. The number of aromatic nitrogens is 3. The van der Waals surface area contributed by atoms with E-state index in [9.17, 15) is 22.8 Å². The SMILES string of the molecule is CC(C)n1c(=O)nc(N[C@@H](C)c2cccc(OC(F)(F)F)c2)[nH]c1=O. The van der Waals surface area contributed by atoms with Crippen molar-refractivity contribution in [2.45, 2.75) is 39.2 Å². The second-order valence-corrected chi connectivity index (χ2v) is 5.62. The molecule has 7 nitrogen and oxygen atoms in total. The first-order valence-corrected chi connectivity index (χ1v) is 7.42. The van der Waals surface area contributed by atoms with E-state index in [1.807, 2.05) is 0 Å².